The molecule has 0 spiro atoms. The molecule has 3 rings (SSSR count). The van der Waals surface area contributed by atoms with E-state index in [4.69, 9.17) is 0 Å². The predicted octanol–water partition coefficient (Wildman–Crippen LogP) is 6.64. The fraction of sp³-hybridized carbons (Fsp3) is 0.368. The third-order valence-corrected chi connectivity index (χ3v) is 4.87. The number of fused-ring (bicyclic) bond motifs is 3. The average molecular weight is 353 g/mol. The zero-order valence-corrected chi connectivity index (χ0v) is 15.1. The van der Waals surface area contributed by atoms with E-state index >= 15 is 0 Å². The van der Waals surface area contributed by atoms with Crippen LogP contribution in [-0.4, -0.2) is 21.3 Å². The van der Waals surface area contributed by atoms with Crippen LogP contribution in [0.5, 0.6) is 0 Å². The number of nitrogens with zero attached hydrogens (tertiary/aromatic N) is 1. The van der Waals surface area contributed by atoms with Gasteiger partial charge in [-0.2, -0.15) is 0 Å². The third kappa shape index (κ3) is 4.24. The van der Waals surface area contributed by atoms with E-state index in [1.54, 1.807) is 5.57 Å². The maximum Gasteiger partial charge on any atom is 0.673 e. The van der Waals surface area contributed by atoms with Crippen LogP contribution >= 0.6 is 0 Å². The lowest BCUT2D eigenvalue weighted by Gasteiger charge is -2.26. The van der Waals surface area contributed by atoms with Crippen LogP contribution in [0.15, 0.2) is 42.1 Å². The number of rotatable bonds is 3. The minimum absolute atomic E-state index is 0.902. The maximum atomic E-state index is 9.75. The quantitative estimate of drug-likeness (QED) is 0.330. The van der Waals surface area contributed by atoms with E-state index in [1.807, 2.05) is 0 Å². The first-order chi connectivity index (χ1) is 11.6. The normalized spacial score (nSPS) is 15.8. The molecule has 1 aliphatic heterocycles. The van der Waals surface area contributed by atoms with Crippen molar-refractivity contribution in [3.05, 3.63) is 47.7 Å². The summed E-state index contributed by atoms with van der Waals surface area (Å²) >= 11 is 0. The SMILES string of the molecule is CCCCC1=C(C)[N+](C)(C)c2ccc3ccccc3c21.F[B-](F)(F)F. The molecule has 0 unspecified atom stereocenters. The number of quaternary nitrogens is 1. The van der Waals surface area contributed by atoms with Crippen molar-refractivity contribution in [1.82, 2.24) is 4.48 Å². The molecule has 1 nitrogen and oxygen atoms in total. The number of unbranched alkanes of at least 4 members (excludes halogenated alkanes) is 1. The molecular weight excluding hydrogens is 329 g/mol. The van der Waals surface area contributed by atoms with Gasteiger partial charge in [-0.3, -0.25) is 4.48 Å². The standard InChI is InChI=1S/C19H24N.BF4/c1-5-6-10-16-14(2)20(3,4)18-13-12-15-9-7-8-11-17(15)19(16)18;2-1(3,4)5/h7-9,11-13H,5-6,10H2,1-4H3;/q+1;-1. The molecular formula is C19H24BF4N. The summed E-state index contributed by atoms with van der Waals surface area (Å²) in [5.74, 6) is 0. The van der Waals surface area contributed by atoms with Crippen LogP contribution in [0, 0.1) is 0 Å². The molecule has 0 saturated heterocycles. The van der Waals surface area contributed by atoms with Crippen molar-refractivity contribution in [2.24, 2.45) is 0 Å². The van der Waals surface area contributed by atoms with Gasteiger partial charge in [0, 0.05) is 18.6 Å². The van der Waals surface area contributed by atoms with Crippen LogP contribution < -0.4 is 4.48 Å². The summed E-state index contributed by atoms with van der Waals surface area (Å²) < 4.78 is 39.9. The van der Waals surface area contributed by atoms with Crippen molar-refractivity contribution < 1.29 is 17.3 Å². The molecule has 0 N–H and O–H groups in total. The van der Waals surface area contributed by atoms with E-state index in [9.17, 15) is 17.3 Å². The maximum absolute atomic E-state index is 9.75. The summed E-state index contributed by atoms with van der Waals surface area (Å²) in [6, 6.07) is 13.4. The second-order valence-corrected chi connectivity index (χ2v) is 6.80. The van der Waals surface area contributed by atoms with Gasteiger partial charge in [0.25, 0.3) is 0 Å². The molecule has 0 aromatic heterocycles. The summed E-state index contributed by atoms with van der Waals surface area (Å²) in [7, 11) is -1.39. The Labute approximate surface area is 146 Å². The van der Waals surface area contributed by atoms with Crippen molar-refractivity contribution in [3.8, 4) is 0 Å². The molecule has 0 aliphatic carbocycles. The van der Waals surface area contributed by atoms with E-state index < -0.39 is 7.25 Å². The molecule has 136 valence electrons. The molecule has 1 heterocycles. The minimum atomic E-state index is -6.00. The second kappa shape index (κ2) is 7.20. The number of benzene rings is 2. The Hall–Kier alpha value is -1.82. The van der Waals surface area contributed by atoms with E-state index in [1.165, 1.54) is 47.0 Å². The largest absolute Gasteiger partial charge is 0.673 e. The van der Waals surface area contributed by atoms with E-state index in [2.05, 4.69) is 64.3 Å². The molecule has 2 aromatic rings. The van der Waals surface area contributed by atoms with E-state index in [0.717, 1.165) is 4.48 Å². The van der Waals surface area contributed by atoms with Crippen LogP contribution in [0.4, 0.5) is 23.0 Å². The van der Waals surface area contributed by atoms with Crippen molar-refractivity contribution >= 4 is 29.3 Å². The number of allylic oxidation sites excluding steroid dienone is 2. The van der Waals surface area contributed by atoms with Crippen molar-refractivity contribution in [3.63, 3.8) is 0 Å². The lowest BCUT2D eigenvalue weighted by Crippen LogP contribution is -2.36. The van der Waals surface area contributed by atoms with Gasteiger partial charge in [0.05, 0.1) is 19.7 Å². The van der Waals surface area contributed by atoms with Gasteiger partial charge in [0.2, 0.25) is 0 Å². The molecule has 2 aromatic carbocycles. The fourth-order valence-electron chi connectivity index (χ4n) is 3.40. The van der Waals surface area contributed by atoms with Gasteiger partial charge < -0.3 is 17.3 Å². The highest BCUT2D eigenvalue weighted by atomic mass is 19.5. The molecule has 0 saturated carbocycles. The van der Waals surface area contributed by atoms with Gasteiger partial charge in [0.1, 0.15) is 11.4 Å². The first-order valence-electron chi connectivity index (χ1n) is 8.51. The lowest BCUT2D eigenvalue weighted by molar-refractivity contribution is 0.368. The number of hydrogen-bond donors (Lipinski definition) is 0. The van der Waals surface area contributed by atoms with Gasteiger partial charge in [-0.05, 0) is 29.7 Å². The molecule has 6 heteroatoms. The molecule has 0 bridgehead atoms. The van der Waals surface area contributed by atoms with Gasteiger partial charge in [0.15, 0.2) is 0 Å². The molecule has 1 aliphatic rings. The summed E-state index contributed by atoms with van der Waals surface area (Å²) in [4.78, 5) is 0. The molecule has 25 heavy (non-hydrogen) atoms. The van der Waals surface area contributed by atoms with E-state index in [0.29, 0.717) is 0 Å². The second-order valence-electron chi connectivity index (χ2n) is 6.80. The monoisotopic (exact) mass is 353 g/mol. The summed E-state index contributed by atoms with van der Waals surface area (Å²) in [6.45, 7) is 4.58. The van der Waals surface area contributed by atoms with Crippen molar-refractivity contribution in [2.75, 3.05) is 14.1 Å². The topological polar surface area (TPSA) is 0 Å². The summed E-state index contributed by atoms with van der Waals surface area (Å²) in [6.07, 6.45) is 3.73. The Morgan fingerprint density at radius 1 is 0.960 bits per heavy atom. The third-order valence-electron chi connectivity index (χ3n) is 4.87. The van der Waals surface area contributed by atoms with Crippen LogP contribution in [-0.2, 0) is 0 Å². The Morgan fingerprint density at radius 2 is 1.56 bits per heavy atom. The number of hydrogen-bond acceptors (Lipinski definition) is 0. The molecule has 0 radical (unpaired) electrons. The van der Waals surface area contributed by atoms with Crippen LogP contribution in [0.3, 0.4) is 0 Å². The summed E-state index contributed by atoms with van der Waals surface area (Å²) in [5, 5.41) is 2.77. The van der Waals surface area contributed by atoms with Gasteiger partial charge in [-0.15, -0.1) is 0 Å². The predicted molar refractivity (Wildman–Crippen MR) is 99.9 cm³/mol. The van der Waals surface area contributed by atoms with Gasteiger partial charge in [-0.25, -0.2) is 0 Å². The Morgan fingerprint density at radius 3 is 2.16 bits per heavy atom. The smallest absolute Gasteiger partial charge is 0.418 e. The van der Waals surface area contributed by atoms with Gasteiger partial charge >= 0.3 is 7.25 Å². The van der Waals surface area contributed by atoms with Crippen molar-refractivity contribution in [1.29, 1.82) is 0 Å². The highest BCUT2D eigenvalue weighted by molar-refractivity contribution is 6.50. The van der Waals surface area contributed by atoms with Crippen LogP contribution in [0.25, 0.3) is 16.3 Å². The first kappa shape index (κ1) is 19.5. The molecule has 0 amide bonds. The minimum Gasteiger partial charge on any atom is -0.418 e. The van der Waals surface area contributed by atoms with E-state index in [-0.39, 0.29) is 0 Å². The number of halogens is 4. The molecule has 0 fully saturated rings. The van der Waals surface area contributed by atoms with Crippen LogP contribution in [0.2, 0.25) is 0 Å². The first-order valence-corrected chi connectivity index (χ1v) is 8.51. The fourth-order valence-corrected chi connectivity index (χ4v) is 3.40. The zero-order chi connectivity index (χ0) is 18.8. The Kier molecular flexibility index (Phi) is 5.62. The highest BCUT2D eigenvalue weighted by Crippen LogP contribution is 2.47. The Bertz CT molecular complexity index is 788. The zero-order valence-electron chi connectivity index (χ0n) is 15.1. The molecule has 0 atom stereocenters. The highest BCUT2D eigenvalue weighted by Gasteiger charge is 2.37. The van der Waals surface area contributed by atoms with Crippen LogP contribution in [0.1, 0.15) is 38.7 Å². The average Bonchev–Trinajstić information content (AvgIpc) is 2.71. The van der Waals surface area contributed by atoms with Crippen molar-refractivity contribution in [2.45, 2.75) is 33.1 Å². The Balaban J connectivity index is 0.000000399. The lowest BCUT2D eigenvalue weighted by atomic mass is 9.95. The van der Waals surface area contributed by atoms with Gasteiger partial charge in [-0.1, -0.05) is 37.6 Å². The summed E-state index contributed by atoms with van der Waals surface area (Å²) in [5.41, 5.74) is 6.03.